The second kappa shape index (κ2) is 5.27. The van der Waals surface area contributed by atoms with Gasteiger partial charge in [0.1, 0.15) is 5.69 Å². The van der Waals surface area contributed by atoms with Crippen LogP contribution >= 0.6 is 0 Å². The Morgan fingerprint density at radius 3 is 2.53 bits per heavy atom. The fraction of sp³-hybridized carbons (Fsp3) is 0. The monoisotopic (exact) mass is 249 g/mol. The molecule has 2 aromatic heterocycles. The van der Waals surface area contributed by atoms with Crippen LogP contribution in [-0.4, -0.2) is 15.1 Å². The summed E-state index contributed by atoms with van der Waals surface area (Å²) in [5.41, 5.74) is 1.78. The summed E-state index contributed by atoms with van der Waals surface area (Å²) < 4.78 is 5.15. The maximum atomic E-state index is 5.15. The van der Waals surface area contributed by atoms with E-state index in [-0.39, 0.29) is 0 Å². The quantitative estimate of drug-likeness (QED) is 0.714. The second-order valence-corrected chi connectivity index (χ2v) is 3.92. The average molecular weight is 249 g/mol. The van der Waals surface area contributed by atoms with Crippen molar-refractivity contribution in [3.05, 3.63) is 66.2 Å². The molecule has 0 N–H and O–H groups in total. The van der Waals surface area contributed by atoms with Crippen LogP contribution in [0, 0.1) is 0 Å². The van der Waals surface area contributed by atoms with Crippen molar-refractivity contribution < 1.29 is 4.52 Å². The van der Waals surface area contributed by atoms with Crippen LogP contribution in [0.1, 0.15) is 11.5 Å². The maximum absolute atomic E-state index is 5.15. The number of nitrogens with zero attached hydrogens (tertiary/aromatic N) is 3. The number of rotatable bonds is 3. The summed E-state index contributed by atoms with van der Waals surface area (Å²) in [5.74, 6) is 0.956. The lowest BCUT2D eigenvalue weighted by Gasteiger charge is -1.89. The fourth-order valence-electron chi connectivity index (χ4n) is 1.63. The van der Waals surface area contributed by atoms with Gasteiger partial charge in [0.15, 0.2) is 0 Å². The van der Waals surface area contributed by atoms with Gasteiger partial charge in [-0.05, 0) is 23.8 Å². The van der Waals surface area contributed by atoms with Crippen LogP contribution in [0.2, 0.25) is 0 Å². The Kier molecular flexibility index (Phi) is 3.14. The lowest BCUT2D eigenvalue weighted by molar-refractivity contribution is 0.411. The van der Waals surface area contributed by atoms with Gasteiger partial charge in [-0.2, -0.15) is 4.98 Å². The maximum Gasteiger partial charge on any atom is 0.251 e. The van der Waals surface area contributed by atoms with Crippen LogP contribution in [0.3, 0.4) is 0 Å². The van der Waals surface area contributed by atoms with Crippen LogP contribution in [0.5, 0.6) is 0 Å². The Morgan fingerprint density at radius 2 is 1.74 bits per heavy atom. The van der Waals surface area contributed by atoms with Crippen molar-refractivity contribution in [3.8, 4) is 11.5 Å². The van der Waals surface area contributed by atoms with Crippen LogP contribution in [0.25, 0.3) is 23.7 Å². The van der Waals surface area contributed by atoms with Gasteiger partial charge in [0.05, 0.1) is 0 Å². The van der Waals surface area contributed by atoms with E-state index >= 15 is 0 Å². The first-order valence-corrected chi connectivity index (χ1v) is 5.90. The minimum absolute atomic E-state index is 0.463. The molecule has 4 heteroatoms. The number of hydrogen-bond donors (Lipinski definition) is 0. The molecule has 4 nitrogen and oxygen atoms in total. The molecule has 0 atom stereocenters. The van der Waals surface area contributed by atoms with E-state index in [0.717, 1.165) is 5.56 Å². The molecule has 0 saturated heterocycles. The highest BCUT2D eigenvalue weighted by Gasteiger charge is 2.06. The topological polar surface area (TPSA) is 51.8 Å². The molecular weight excluding hydrogens is 238 g/mol. The van der Waals surface area contributed by atoms with Crippen molar-refractivity contribution >= 4 is 12.2 Å². The molecule has 0 aliphatic carbocycles. The third kappa shape index (κ3) is 2.74. The molecule has 0 aliphatic heterocycles. The van der Waals surface area contributed by atoms with Crippen molar-refractivity contribution in [2.45, 2.75) is 0 Å². The van der Waals surface area contributed by atoms with E-state index in [9.17, 15) is 0 Å². The highest BCUT2D eigenvalue weighted by molar-refractivity contribution is 5.66. The van der Waals surface area contributed by atoms with Crippen LogP contribution in [0.4, 0.5) is 0 Å². The zero-order valence-electron chi connectivity index (χ0n) is 10.1. The lowest BCUT2D eigenvalue weighted by atomic mass is 10.2. The highest BCUT2D eigenvalue weighted by Crippen LogP contribution is 2.13. The van der Waals surface area contributed by atoms with E-state index in [4.69, 9.17) is 4.52 Å². The van der Waals surface area contributed by atoms with Crippen molar-refractivity contribution in [2.24, 2.45) is 0 Å². The van der Waals surface area contributed by atoms with Crippen molar-refractivity contribution in [3.63, 3.8) is 0 Å². The van der Waals surface area contributed by atoms with Crippen molar-refractivity contribution in [1.82, 2.24) is 15.1 Å². The summed E-state index contributed by atoms with van der Waals surface area (Å²) >= 11 is 0. The third-order valence-electron chi connectivity index (χ3n) is 2.55. The van der Waals surface area contributed by atoms with Gasteiger partial charge < -0.3 is 4.52 Å². The van der Waals surface area contributed by atoms with Crippen molar-refractivity contribution in [1.29, 1.82) is 0 Å². The molecule has 0 radical (unpaired) electrons. The summed E-state index contributed by atoms with van der Waals surface area (Å²) in [6, 6.07) is 15.5. The van der Waals surface area contributed by atoms with Crippen LogP contribution in [-0.2, 0) is 0 Å². The van der Waals surface area contributed by atoms with Gasteiger partial charge in [-0.3, -0.25) is 4.98 Å². The minimum Gasteiger partial charge on any atom is -0.334 e. The van der Waals surface area contributed by atoms with E-state index < -0.39 is 0 Å². The van der Waals surface area contributed by atoms with Gasteiger partial charge >= 0.3 is 0 Å². The molecule has 2 heterocycles. The van der Waals surface area contributed by atoms with Gasteiger partial charge in [0.25, 0.3) is 5.89 Å². The first-order chi connectivity index (χ1) is 9.42. The first kappa shape index (κ1) is 11.3. The summed E-state index contributed by atoms with van der Waals surface area (Å²) in [7, 11) is 0. The van der Waals surface area contributed by atoms with Gasteiger partial charge in [-0.15, -0.1) is 0 Å². The smallest absolute Gasteiger partial charge is 0.251 e. The molecule has 92 valence electrons. The fourth-order valence-corrected chi connectivity index (χ4v) is 1.63. The molecule has 0 fully saturated rings. The predicted octanol–water partition coefficient (Wildman–Crippen LogP) is 3.30. The van der Waals surface area contributed by atoms with E-state index in [0.29, 0.717) is 17.4 Å². The number of pyridine rings is 1. The Bertz CT molecular complexity index is 675. The van der Waals surface area contributed by atoms with E-state index in [1.165, 1.54) is 0 Å². The molecule has 0 saturated carbocycles. The molecule has 0 bridgehead atoms. The molecule has 0 unspecified atom stereocenters. The Morgan fingerprint density at radius 1 is 0.895 bits per heavy atom. The molecule has 1 aromatic carbocycles. The number of hydrogen-bond acceptors (Lipinski definition) is 4. The van der Waals surface area contributed by atoms with E-state index in [1.807, 2.05) is 54.6 Å². The minimum atomic E-state index is 0.463. The molecular formula is C15H11N3O. The molecule has 3 rings (SSSR count). The van der Waals surface area contributed by atoms with E-state index in [1.54, 1.807) is 12.3 Å². The summed E-state index contributed by atoms with van der Waals surface area (Å²) in [4.78, 5) is 8.44. The lowest BCUT2D eigenvalue weighted by Crippen LogP contribution is -1.83. The SMILES string of the molecule is C(=C\c1nc(-c2ccccn2)no1)/c1ccccc1. The number of benzene rings is 1. The molecule has 3 aromatic rings. The average Bonchev–Trinajstić information content (AvgIpc) is 2.96. The Hall–Kier alpha value is -2.75. The normalized spacial score (nSPS) is 10.9. The van der Waals surface area contributed by atoms with Crippen molar-refractivity contribution in [2.75, 3.05) is 0 Å². The molecule has 0 aliphatic rings. The summed E-state index contributed by atoms with van der Waals surface area (Å²) in [6.45, 7) is 0. The van der Waals surface area contributed by atoms with Crippen LogP contribution in [0.15, 0.2) is 59.3 Å². The third-order valence-corrected chi connectivity index (χ3v) is 2.55. The van der Waals surface area contributed by atoms with Gasteiger partial charge in [-0.1, -0.05) is 41.6 Å². The zero-order chi connectivity index (χ0) is 12.9. The summed E-state index contributed by atoms with van der Waals surface area (Å²) in [6.07, 6.45) is 5.41. The van der Waals surface area contributed by atoms with Crippen LogP contribution < -0.4 is 0 Å². The van der Waals surface area contributed by atoms with Gasteiger partial charge in [0.2, 0.25) is 5.82 Å². The largest absolute Gasteiger partial charge is 0.334 e. The predicted molar refractivity (Wildman–Crippen MR) is 72.9 cm³/mol. The first-order valence-electron chi connectivity index (χ1n) is 5.90. The Labute approximate surface area is 110 Å². The summed E-state index contributed by atoms with van der Waals surface area (Å²) in [5, 5.41) is 3.90. The number of aromatic nitrogens is 3. The highest BCUT2D eigenvalue weighted by atomic mass is 16.5. The standard InChI is InChI=1S/C15H11N3O/c1-2-6-12(7-3-1)9-10-14-17-15(18-19-14)13-8-4-5-11-16-13/h1-11H/b10-9+. The molecule has 0 spiro atoms. The molecule has 19 heavy (non-hydrogen) atoms. The Balaban J connectivity index is 1.81. The van der Waals surface area contributed by atoms with Gasteiger partial charge in [0, 0.05) is 12.3 Å². The molecule has 0 amide bonds. The van der Waals surface area contributed by atoms with Gasteiger partial charge in [-0.25, -0.2) is 0 Å². The van der Waals surface area contributed by atoms with E-state index in [2.05, 4.69) is 15.1 Å². The second-order valence-electron chi connectivity index (χ2n) is 3.92. The zero-order valence-corrected chi connectivity index (χ0v) is 10.1.